The standard InChI is InChI=1S/C18H19NO3/c1-2-21-17-8-7-15(9-13(17)11-20)19-10-14-12-22-18-6-4-3-5-16(14)18/h3-9,12,19-20H,2,10-11H2,1H3. The molecule has 0 saturated carbocycles. The molecule has 1 heterocycles. The van der Waals surface area contributed by atoms with Crippen LogP contribution in [-0.4, -0.2) is 11.7 Å². The van der Waals surface area contributed by atoms with E-state index in [0.717, 1.165) is 33.5 Å². The van der Waals surface area contributed by atoms with Crippen molar-refractivity contribution in [1.82, 2.24) is 0 Å². The summed E-state index contributed by atoms with van der Waals surface area (Å²) < 4.78 is 11.0. The summed E-state index contributed by atoms with van der Waals surface area (Å²) in [5.41, 5.74) is 3.72. The molecule has 114 valence electrons. The highest BCUT2D eigenvalue weighted by atomic mass is 16.5. The Hall–Kier alpha value is -2.46. The molecular formula is C18H19NO3. The van der Waals surface area contributed by atoms with Crippen molar-refractivity contribution in [2.75, 3.05) is 11.9 Å². The van der Waals surface area contributed by atoms with Gasteiger partial charge in [-0.25, -0.2) is 0 Å². The Labute approximate surface area is 129 Å². The third-order valence-corrected chi connectivity index (χ3v) is 3.57. The molecule has 2 aromatic carbocycles. The SMILES string of the molecule is CCOc1ccc(NCc2coc3ccccc23)cc1CO. The lowest BCUT2D eigenvalue weighted by atomic mass is 10.1. The van der Waals surface area contributed by atoms with Gasteiger partial charge in [-0.1, -0.05) is 18.2 Å². The fourth-order valence-corrected chi connectivity index (χ4v) is 2.48. The van der Waals surface area contributed by atoms with Crippen LogP contribution in [0.25, 0.3) is 11.0 Å². The number of furan rings is 1. The van der Waals surface area contributed by atoms with Crippen LogP contribution in [0.3, 0.4) is 0 Å². The van der Waals surface area contributed by atoms with Gasteiger partial charge in [0, 0.05) is 28.7 Å². The zero-order chi connectivity index (χ0) is 15.4. The van der Waals surface area contributed by atoms with Crippen molar-refractivity contribution in [3.8, 4) is 5.75 Å². The molecule has 0 bridgehead atoms. The second-order valence-corrected chi connectivity index (χ2v) is 5.02. The lowest BCUT2D eigenvalue weighted by molar-refractivity contribution is 0.267. The Morgan fingerprint density at radius 2 is 2.00 bits per heavy atom. The fraction of sp³-hybridized carbons (Fsp3) is 0.222. The molecule has 0 atom stereocenters. The van der Waals surface area contributed by atoms with Crippen LogP contribution in [0.15, 0.2) is 53.1 Å². The van der Waals surface area contributed by atoms with E-state index in [1.807, 2.05) is 49.4 Å². The minimum absolute atomic E-state index is 0.0422. The average Bonchev–Trinajstić information content (AvgIpc) is 2.97. The van der Waals surface area contributed by atoms with Gasteiger partial charge in [-0.2, -0.15) is 0 Å². The number of hydrogen-bond acceptors (Lipinski definition) is 4. The summed E-state index contributed by atoms with van der Waals surface area (Å²) >= 11 is 0. The molecule has 4 nitrogen and oxygen atoms in total. The van der Waals surface area contributed by atoms with Crippen LogP contribution in [0.1, 0.15) is 18.1 Å². The predicted octanol–water partition coefficient (Wildman–Crippen LogP) is 3.94. The number of para-hydroxylation sites is 1. The quantitative estimate of drug-likeness (QED) is 0.723. The molecule has 4 heteroatoms. The van der Waals surface area contributed by atoms with Crippen molar-refractivity contribution in [2.24, 2.45) is 0 Å². The van der Waals surface area contributed by atoms with E-state index in [1.165, 1.54) is 0 Å². The lowest BCUT2D eigenvalue weighted by Crippen LogP contribution is -2.01. The molecule has 1 aromatic heterocycles. The van der Waals surface area contributed by atoms with Crippen LogP contribution < -0.4 is 10.1 Å². The zero-order valence-electron chi connectivity index (χ0n) is 12.5. The first-order valence-corrected chi connectivity index (χ1v) is 7.37. The topological polar surface area (TPSA) is 54.6 Å². The summed E-state index contributed by atoms with van der Waals surface area (Å²) in [5, 5.41) is 13.9. The fourth-order valence-electron chi connectivity index (χ4n) is 2.48. The van der Waals surface area contributed by atoms with Crippen LogP contribution in [0.5, 0.6) is 5.75 Å². The van der Waals surface area contributed by atoms with Crippen molar-refractivity contribution >= 4 is 16.7 Å². The molecule has 0 spiro atoms. The Balaban J connectivity index is 1.76. The average molecular weight is 297 g/mol. The Morgan fingerprint density at radius 1 is 1.14 bits per heavy atom. The van der Waals surface area contributed by atoms with Gasteiger partial charge in [0.2, 0.25) is 0 Å². The second-order valence-electron chi connectivity index (χ2n) is 5.02. The number of aliphatic hydroxyl groups is 1. The third-order valence-electron chi connectivity index (χ3n) is 3.57. The first kappa shape index (κ1) is 14.5. The maximum Gasteiger partial charge on any atom is 0.134 e. The highest BCUT2D eigenvalue weighted by molar-refractivity contribution is 5.81. The molecule has 0 aliphatic rings. The first-order valence-electron chi connectivity index (χ1n) is 7.37. The van der Waals surface area contributed by atoms with Gasteiger partial charge in [0.1, 0.15) is 11.3 Å². The van der Waals surface area contributed by atoms with E-state index in [2.05, 4.69) is 5.32 Å². The van der Waals surface area contributed by atoms with E-state index >= 15 is 0 Å². The van der Waals surface area contributed by atoms with Crippen LogP contribution in [0, 0.1) is 0 Å². The molecular weight excluding hydrogens is 278 g/mol. The number of nitrogens with one attached hydrogen (secondary N) is 1. The first-order chi connectivity index (χ1) is 10.8. The summed E-state index contributed by atoms with van der Waals surface area (Å²) in [6.07, 6.45) is 1.78. The Kier molecular flexibility index (Phi) is 4.30. The van der Waals surface area contributed by atoms with Gasteiger partial charge in [0.25, 0.3) is 0 Å². The minimum atomic E-state index is -0.0422. The van der Waals surface area contributed by atoms with Crippen LogP contribution in [-0.2, 0) is 13.2 Å². The Bertz CT molecular complexity index is 764. The molecule has 0 aliphatic carbocycles. The van der Waals surface area contributed by atoms with Gasteiger partial charge in [0.15, 0.2) is 0 Å². The summed E-state index contributed by atoms with van der Waals surface area (Å²) in [4.78, 5) is 0. The van der Waals surface area contributed by atoms with E-state index in [0.29, 0.717) is 13.2 Å². The van der Waals surface area contributed by atoms with E-state index in [9.17, 15) is 5.11 Å². The third kappa shape index (κ3) is 2.92. The molecule has 0 aliphatic heterocycles. The van der Waals surface area contributed by atoms with Crippen molar-refractivity contribution in [3.05, 3.63) is 59.9 Å². The van der Waals surface area contributed by atoms with Gasteiger partial charge in [-0.05, 0) is 31.2 Å². The molecule has 3 aromatic rings. The Morgan fingerprint density at radius 3 is 2.82 bits per heavy atom. The summed E-state index contributed by atoms with van der Waals surface area (Å²) in [5.74, 6) is 0.726. The lowest BCUT2D eigenvalue weighted by Gasteiger charge is -2.11. The maximum absolute atomic E-state index is 9.44. The summed E-state index contributed by atoms with van der Waals surface area (Å²) in [6.45, 7) is 3.13. The summed E-state index contributed by atoms with van der Waals surface area (Å²) in [7, 11) is 0. The zero-order valence-corrected chi connectivity index (χ0v) is 12.5. The predicted molar refractivity (Wildman–Crippen MR) is 87.1 cm³/mol. The monoisotopic (exact) mass is 297 g/mol. The highest BCUT2D eigenvalue weighted by Gasteiger charge is 2.07. The number of anilines is 1. The number of ether oxygens (including phenoxy) is 1. The molecule has 22 heavy (non-hydrogen) atoms. The van der Waals surface area contributed by atoms with Crippen LogP contribution in [0.2, 0.25) is 0 Å². The molecule has 0 saturated heterocycles. The van der Waals surface area contributed by atoms with Crippen molar-refractivity contribution in [3.63, 3.8) is 0 Å². The van der Waals surface area contributed by atoms with Gasteiger partial charge in [-0.15, -0.1) is 0 Å². The molecule has 2 N–H and O–H groups in total. The van der Waals surface area contributed by atoms with Crippen LogP contribution >= 0.6 is 0 Å². The molecule has 0 radical (unpaired) electrons. The smallest absolute Gasteiger partial charge is 0.134 e. The maximum atomic E-state index is 9.44. The van der Waals surface area contributed by atoms with E-state index in [1.54, 1.807) is 6.26 Å². The van der Waals surface area contributed by atoms with E-state index < -0.39 is 0 Å². The molecule has 0 fully saturated rings. The van der Waals surface area contributed by atoms with Crippen LogP contribution in [0.4, 0.5) is 5.69 Å². The van der Waals surface area contributed by atoms with Gasteiger partial charge in [0.05, 0.1) is 19.5 Å². The number of aliphatic hydroxyl groups excluding tert-OH is 1. The van der Waals surface area contributed by atoms with Gasteiger partial charge >= 0.3 is 0 Å². The highest BCUT2D eigenvalue weighted by Crippen LogP contribution is 2.25. The van der Waals surface area contributed by atoms with Gasteiger partial charge < -0.3 is 19.6 Å². The van der Waals surface area contributed by atoms with Crippen molar-refractivity contribution in [1.29, 1.82) is 0 Å². The largest absolute Gasteiger partial charge is 0.494 e. The number of fused-ring (bicyclic) bond motifs is 1. The van der Waals surface area contributed by atoms with Gasteiger partial charge in [-0.3, -0.25) is 0 Å². The number of rotatable bonds is 6. The van der Waals surface area contributed by atoms with E-state index in [-0.39, 0.29) is 6.61 Å². The number of hydrogen-bond donors (Lipinski definition) is 2. The van der Waals surface area contributed by atoms with Crippen molar-refractivity contribution < 1.29 is 14.3 Å². The second kappa shape index (κ2) is 6.54. The molecule has 0 amide bonds. The normalized spacial score (nSPS) is 10.8. The van der Waals surface area contributed by atoms with E-state index in [4.69, 9.17) is 9.15 Å². The minimum Gasteiger partial charge on any atom is -0.494 e. The molecule has 0 unspecified atom stereocenters. The summed E-state index contributed by atoms with van der Waals surface area (Å²) in [6, 6.07) is 13.7. The van der Waals surface area contributed by atoms with Crippen molar-refractivity contribution in [2.45, 2.75) is 20.1 Å². The number of benzene rings is 2. The molecule has 3 rings (SSSR count).